The maximum Gasteiger partial charge on any atom is 0.360 e. The van der Waals surface area contributed by atoms with E-state index in [1.807, 2.05) is 20.8 Å². The molecule has 0 radical (unpaired) electrons. The lowest BCUT2D eigenvalue weighted by Gasteiger charge is -2.41. The molecule has 8 nitrogen and oxygen atoms in total. The number of benzene rings is 1. The van der Waals surface area contributed by atoms with E-state index in [-0.39, 0.29) is 17.5 Å². The SMILES string of the molecule is CO[C@@H]1CCC(Oc2ccc3cc(NC(=O)c4ccccn4)c(=O)oc3c2C)OC1(C)C. The molecule has 1 unspecified atom stereocenters. The third-order valence-electron chi connectivity index (χ3n) is 5.66. The Bertz CT molecular complexity index is 1190. The van der Waals surface area contributed by atoms with Crippen LogP contribution >= 0.6 is 0 Å². The summed E-state index contributed by atoms with van der Waals surface area (Å²) in [7, 11) is 1.68. The van der Waals surface area contributed by atoms with Gasteiger partial charge in [0.2, 0.25) is 6.29 Å². The minimum Gasteiger partial charge on any atom is -0.465 e. The van der Waals surface area contributed by atoms with Crippen molar-refractivity contribution in [3.05, 3.63) is 64.3 Å². The van der Waals surface area contributed by atoms with E-state index in [0.717, 1.165) is 6.42 Å². The number of fused-ring (bicyclic) bond motifs is 1. The molecule has 1 fully saturated rings. The van der Waals surface area contributed by atoms with Crippen LogP contribution < -0.4 is 15.7 Å². The molecule has 1 aromatic carbocycles. The van der Waals surface area contributed by atoms with E-state index in [1.54, 1.807) is 43.5 Å². The molecule has 1 saturated heterocycles. The zero-order chi connectivity index (χ0) is 22.9. The van der Waals surface area contributed by atoms with Crippen molar-refractivity contribution in [2.75, 3.05) is 12.4 Å². The van der Waals surface area contributed by atoms with E-state index in [0.29, 0.717) is 28.7 Å². The van der Waals surface area contributed by atoms with Gasteiger partial charge in [-0.05, 0) is 57.5 Å². The summed E-state index contributed by atoms with van der Waals surface area (Å²) in [5.74, 6) is 0.0861. The molecule has 3 aromatic rings. The van der Waals surface area contributed by atoms with Crippen molar-refractivity contribution in [1.82, 2.24) is 4.98 Å². The van der Waals surface area contributed by atoms with Gasteiger partial charge in [-0.1, -0.05) is 6.07 Å². The van der Waals surface area contributed by atoms with Gasteiger partial charge in [0.15, 0.2) is 0 Å². The average molecular weight is 438 g/mol. The Kier molecular flexibility index (Phi) is 5.99. The van der Waals surface area contributed by atoms with Crippen molar-refractivity contribution in [2.45, 2.75) is 51.6 Å². The molecule has 168 valence electrons. The zero-order valence-electron chi connectivity index (χ0n) is 18.5. The molecule has 1 aliphatic rings. The highest BCUT2D eigenvalue weighted by Gasteiger charge is 2.39. The number of methoxy groups -OCH3 is 1. The predicted octanol–water partition coefficient (Wildman–Crippen LogP) is 4.06. The molecular formula is C24H26N2O6. The van der Waals surface area contributed by atoms with Gasteiger partial charge in [-0.2, -0.15) is 0 Å². The summed E-state index contributed by atoms with van der Waals surface area (Å²) in [4.78, 5) is 28.9. The van der Waals surface area contributed by atoms with Crippen LogP contribution in [0.3, 0.4) is 0 Å². The fraction of sp³-hybridized carbons (Fsp3) is 0.375. The fourth-order valence-corrected chi connectivity index (χ4v) is 3.94. The van der Waals surface area contributed by atoms with Crippen molar-refractivity contribution < 1.29 is 23.4 Å². The average Bonchev–Trinajstić information content (AvgIpc) is 2.77. The number of ether oxygens (including phenoxy) is 3. The van der Waals surface area contributed by atoms with E-state index < -0.39 is 23.4 Å². The minimum atomic E-state index is -0.653. The van der Waals surface area contributed by atoms with Crippen molar-refractivity contribution in [2.24, 2.45) is 0 Å². The normalized spacial score (nSPS) is 20.1. The van der Waals surface area contributed by atoms with E-state index in [9.17, 15) is 9.59 Å². The van der Waals surface area contributed by atoms with Crippen molar-refractivity contribution >= 4 is 22.6 Å². The molecule has 2 atom stereocenters. The van der Waals surface area contributed by atoms with Gasteiger partial charge in [-0.15, -0.1) is 0 Å². The van der Waals surface area contributed by atoms with Gasteiger partial charge in [0.25, 0.3) is 5.91 Å². The molecule has 4 rings (SSSR count). The highest BCUT2D eigenvalue weighted by atomic mass is 16.7. The standard InChI is InChI=1S/C24H26N2O6/c1-14-18(30-20-11-10-19(29-4)24(2,3)32-20)9-8-15-13-17(23(28)31-21(14)15)26-22(27)16-7-5-6-12-25-16/h5-9,12-13,19-20H,10-11H2,1-4H3,(H,26,27)/t19-,20?/m1/s1. The lowest BCUT2D eigenvalue weighted by molar-refractivity contribution is -0.233. The molecule has 0 aliphatic carbocycles. The maximum absolute atomic E-state index is 12.5. The smallest absolute Gasteiger partial charge is 0.360 e. The third kappa shape index (κ3) is 4.37. The number of hydrogen-bond acceptors (Lipinski definition) is 7. The first kappa shape index (κ1) is 22.0. The summed E-state index contributed by atoms with van der Waals surface area (Å²) in [5.41, 5.74) is 0.197. The summed E-state index contributed by atoms with van der Waals surface area (Å²) in [6.45, 7) is 5.77. The molecule has 1 amide bonds. The first-order chi connectivity index (χ1) is 15.3. The summed E-state index contributed by atoms with van der Waals surface area (Å²) >= 11 is 0. The Morgan fingerprint density at radius 2 is 2.03 bits per heavy atom. The summed E-state index contributed by atoms with van der Waals surface area (Å²) < 4.78 is 23.2. The summed E-state index contributed by atoms with van der Waals surface area (Å²) in [6.07, 6.45) is 2.57. The lowest BCUT2D eigenvalue weighted by atomic mass is 9.94. The monoisotopic (exact) mass is 438 g/mol. The van der Waals surface area contributed by atoms with Crippen LogP contribution in [0.4, 0.5) is 5.69 Å². The summed E-state index contributed by atoms with van der Waals surface area (Å²) in [5, 5.41) is 3.23. The van der Waals surface area contributed by atoms with Gasteiger partial charge in [0.05, 0.1) is 11.7 Å². The van der Waals surface area contributed by atoms with Gasteiger partial charge < -0.3 is 23.9 Å². The van der Waals surface area contributed by atoms with Gasteiger partial charge in [0.1, 0.15) is 22.7 Å². The Balaban J connectivity index is 1.56. The van der Waals surface area contributed by atoms with Crippen LogP contribution in [0.15, 0.2) is 51.8 Å². The molecule has 1 aliphatic heterocycles. The number of rotatable bonds is 5. The van der Waals surface area contributed by atoms with E-state index in [4.69, 9.17) is 18.6 Å². The fourth-order valence-electron chi connectivity index (χ4n) is 3.94. The number of carbonyl (C=O) groups is 1. The minimum absolute atomic E-state index is 0.00205. The van der Waals surface area contributed by atoms with Gasteiger partial charge in [-0.3, -0.25) is 9.78 Å². The molecule has 0 bridgehead atoms. The van der Waals surface area contributed by atoms with Crippen molar-refractivity contribution in [1.29, 1.82) is 0 Å². The zero-order valence-corrected chi connectivity index (χ0v) is 18.5. The topological polar surface area (TPSA) is 99.9 Å². The van der Waals surface area contributed by atoms with Crippen LogP contribution in [0.5, 0.6) is 5.75 Å². The number of pyridine rings is 1. The number of hydrogen-bond donors (Lipinski definition) is 1. The molecule has 0 spiro atoms. The van der Waals surface area contributed by atoms with Crippen LogP contribution in [0.2, 0.25) is 0 Å². The number of aryl methyl sites for hydroxylation is 1. The number of carbonyl (C=O) groups excluding carboxylic acids is 1. The highest BCUT2D eigenvalue weighted by molar-refractivity contribution is 6.03. The second-order valence-electron chi connectivity index (χ2n) is 8.29. The molecule has 8 heteroatoms. The quantitative estimate of drug-likeness (QED) is 0.600. The third-order valence-corrected chi connectivity index (χ3v) is 5.66. The van der Waals surface area contributed by atoms with Crippen molar-refractivity contribution in [3.8, 4) is 5.75 Å². The second-order valence-corrected chi connectivity index (χ2v) is 8.29. The van der Waals surface area contributed by atoms with Crippen LogP contribution in [-0.4, -0.2) is 36.0 Å². The number of nitrogens with zero attached hydrogens (tertiary/aromatic N) is 1. The van der Waals surface area contributed by atoms with Crippen molar-refractivity contribution in [3.63, 3.8) is 0 Å². The number of amides is 1. The molecule has 32 heavy (non-hydrogen) atoms. The number of anilines is 1. The lowest BCUT2D eigenvalue weighted by Crippen LogP contribution is -2.49. The molecule has 3 heterocycles. The van der Waals surface area contributed by atoms with E-state index >= 15 is 0 Å². The van der Waals surface area contributed by atoms with Crippen LogP contribution in [-0.2, 0) is 9.47 Å². The largest absolute Gasteiger partial charge is 0.465 e. The predicted molar refractivity (Wildman–Crippen MR) is 119 cm³/mol. The molecule has 2 aromatic heterocycles. The first-order valence-corrected chi connectivity index (χ1v) is 10.5. The molecular weight excluding hydrogens is 412 g/mol. The highest BCUT2D eigenvalue weighted by Crippen LogP contribution is 2.34. The van der Waals surface area contributed by atoms with E-state index in [2.05, 4.69) is 10.3 Å². The Morgan fingerprint density at radius 1 is 1.22 bits per heavy atom. The number of aromatic nitrogens is 1. The molecule has 1 N–H and O–H groups in total. The Labute approximate surface area is 185 Å². The van der Waals surface area contributed by atoms with Gasteiger partial charge in [-0.25, -0.2) is 4.79 Å². The Morgan fingerprint density at radius 3 is 2.72 bits per heavy atom. The summed E-state index contributed by atoms with van der Waals surface area (Å²) in [6, 6.07) is 10.1. The maximum atomic E-state index is 12.5. The van der Waals surface area contributed by atoms with Crippen LogP contribution in [0, 0.1) is 6.92 Å². The number of nitrogens with one attached hydrogen (secondary N) is 1. The Hall–Kier alpha value is -3.23. The van der Waals surface area contributed by atoms with Gasteiger partial charge >= 0.3 is 5.63 Å². The second kappa shape index (κ2) is 8.72. The van der Waals surface area contributed by atoms with Crippen LogP contribution in [0.25, 0.3) is 11.0 Å². The molecule has 0 saturated carbocycles. The van der Waals surface area contributed by atoms with Gasteiger partial charge in [0, 0.05) is 30.7 Å². The van der Waals surface area contributed by atoms with E-state index in [1.165, 1.54) is 6.20 Å². The first-order valence-electron chi connectivity index (χ1n) is 10.5. The van der Waals surface area contributed by atoms with Crippen LogP contribution in [0.1, 0.15) is 42.7 Å².